The highest BCUT2D eigenvalue weighted by Crippen LogP contribution is 2.40. The highest BCUT2D eigenvalue weighted by molar-refractivity contribution is 7.80. The van der Waals surface area contributed by atoms with E-state index in [1.54, 1.807) is 6.07 Å². The van der Waals surface area contributed by atoms with E-state index >= 15 is 0 Å². The van der Waals surface area contributed by atoms with E-state index in [0.717, 1.165) is 18.6 Å². The van der Waals surface area contributed by atoms with Gasteiger partial charge in [-0.05, 0) is 24.7 Å². The van der Waals surface area contributed by atoms with Gasteiger partial charge in [0, 0.05) is 17.5 Å². The molecule has 0 atom stereocenters. The summed E-state index contributed by atoms with van der Waals surface area (Å²) in [5.74, 6) is 1.29. The van der Waals surface area contributed by atoms with E-state index in [1.807, 2.05) is 0 Å². The van der Waals surface area contributed by atoms with Crippen molar-refractivity contribution in [3.63, 3.8) is 0 Å². The Balaban J connectivity index is 2.05. The zero-order chi connectivity index (χ0) is 13.9. The maximum atomic E-state index is 10.6. The fraction of sp³-hybridized carbons (Fsp3) is 0.538. The van der Waals surface area contributed by atoms with Crippen LogP contribution in [0.4, 0.5) is 5.69 Å². The molecule has 19 heavy (non-hydrogen) atoms. The standard InChI is InChI=1S/C13H16ClNO3S/c14-11-7-10(15(16)17)3-4-12(11)18-8-13(9-19)5-1-2-6-13/h3-4,7,19H,1-2,5-6,8-9H2. The molecule has 0 bridgehead atoms. The third kappa shape index (κ3) is 3.34. The fourth-order valence-corrected chi connectivity index (χ4v) is 3.06. The molecule has 1 aliphatic carbocycles. The molecule has 1 saturated carbocycles. The first-order chi connectivity index (χ1) is 9.06. The van der Waals surface area contributed by atoms with E-state index in [1.165, 1.54) is 25.0 Å². The van der Waals surface area contributed by atoms with Gasteiger partial charge in [0.1, 0.15) is 5.75 Å². The number of rotatable bonds is 5. The Morgan fingerprint density at radius 2 is 2.11 bits per heavy atom. The van der Waals surface area contributed by atoms with Crippen molar-refractivity contribution >= 4 is 29.9 Å². The van der Waals surface area contributed by atoms with Crippen LogP contribution in [-0.4, -0.2) is 17.3 Å². The van der Waals surface area contributed by atoms with Crippen LogP contribution in [-0.2, 0) is 0 Å². The monoisotopic (exact) mass is 301 g/mol. The first-order valence-electron chi connectivity index (χ1n) is 6.24. The van der Waals surface area contributed by atoms with E-state index in [0.29, 0.717) is 12.4 Å². The molecular formula is C13H16ClNO3S. The molecule has 1 aromatic rings. The molecule has 0 amide bonds. The molecular weight excluding hydrogens is 286 g/mol. The van der Waals surface area contributed by atoms with E-state index in [9.17, 15) is 10.1 Å². The summed E-state index contributed by atoms with van der Waals surface area (Å²) >= 11 is 10.4. The number of non-ortho nitro benzene ring substituents is 1. The summed E-state index contributed by atoms with van der Waals surface area (Å²) in [7, 11) is 0. The Labute approximate surface area is 122 Å². The van der Waals surface area contributed by atoms with Gasteiger partial charge in [-0.3, -0.25) is 10.1 Å². The molecule has 0 aromatic heterocycles. The summed E-state index contributed by atoms with van der Waals surface area (Å²) < 4.78 is 5.75. The number of benzene rings is 1. The molecule has 4 nitrogen and oxygen atoms in total. The van der Waals surface area contributed by atoms with Gasteiger partial charge in [-0.15, -0.1) is 0 Å². The van der Waals surface area contributed by atoms with Crippen molar-refractivity contribution in [3.8, 4) is 5.75 Å². The Morgan fingerprint density at radius 3 is 2.63 bits per heavy atom. The number of thiol groups is 1. The smallest absolute Gasteiger partial charge is 0.271 e. The average molecular weight is 302 g/mol. The second kappa shape index (κ2) is 6.01. The van der Waals surface area contributed by atoms with Crippen LogP contribution in [0.1, 0.15) is 25.7 Å². The summed E-state index contributed by atoms with van der Waals surface area (Å²) in [4.78, 5) is 10.2. The highest BCUT2D eigenvalue weighted by Gasteiger charge is 2.33. The molecule has 2 rings (SSSR count). The Bertz CT molecular complexity index is 475. The molecule has 104 valence electrons. The van der Waals surface area contributed by atoms with Crippen LogP contribution in [0.15, 0.2) is 18.2 Å². The van der Waals surface area contributed by atoms with Crippen LogP contribution in [0, 0.1) is 15.5 Å². The Hall–Kier alpha value is -0.940. The first-order valence-corrected chi connectivity index (χ1v) is 7.25. The van der Waals surface area contributed by atoms with Crippen LogP contribution in [0.2, 0.25) is 5.02 Å². The van der Waals surface area contributed by atoms with Gasteiger partial charge in [-0.25, -0.2) is 0 Å². The van der Waals surface area contributed by atoms with Gasteiger partial charge < -0.3 is 4.74 Å². The topological polar surface area (TPSA) is 52.4 Å². The summed E-state index contributed by atoms with van der Waals surface area (Å²) in [5, 5.41) is 10.9. The molecule has 0 N–H and O–H groups in total. The number of halogens is 1. The van der Waals surface area contributed by atoms with Gasteiger partial charge in [0.25, 0.3) is 5.69 Å². The van der Waals surface area contributed by atoms with Gasteiger partial charge >= 0.3 is 0 Å². The largest absolute Gasteiger partial charge is 0.491 e. The van der Waals surface area contributed by atoms with Crippen LogP contribution < -0.4 is 4.74 Å². The van der Waals surface area contributed by atoms with Gasteiger partial charge in [0.2, 0.25) is 0 Å². The summed E-state index contributed by atoms with van der Waals surface area (Å²) in [6.07, 6.45) is 4.64. The third-order valence-electron chi connectivity index (χ3n) is 3.66. The van der Waals surface area contributed by atoms with Crippen LogP contribution in [0.25, 0.3) is 0 Å². The Kier molecular flexibility index (Phi) is 4.58. The van der Waals surface area contributed by atoms with Crippen LogP contribution >= 0.6 is 24.2 Å². The number of ether oxygens (including phenoxy) is 1. The molecule has 0 spiro atoms. The summed E-state index contributed by atoms with van der Waals surface area (Å²) in [6, 6.07) is 4.28. The molecule has 6 heteroatoms. The lowest BCUT2D eigenvalue weighted by Gasteiger charge is -2.26. The lowest BCUT2D eigenvalue weighted by atomic mass is 9.90. The van der Waals surface area contributed by atoms with Crippen LogP contribution in [0.3, 0.4) is 0 Å². The third-order valence-corrected chi connectivity index (χ3v) is 4.63. The second-order valence-electron chi connectivity index (χ2n) is 5.03. The van der Waals surface area contributed by atoms with Crippen molar-refractivity contribution in [1.29, 1.82) is 0 Å². The molecule has 0 radical (unpaired) electrons. The van der Waals surface area contributed by atoms with Crippen molar-refractivity contribution in [2.75, 3.05) is 12.4 Å². The quantitative estimate of drug-likeness (QED) is 0.506. The predicted octanol–water partition coefficient (Wildman–Crippen LogP) is 4.12. The minimum Gasteiger partial charge on any atom is -0.491 e. The Morgan fingerprint density at radius 1 is 1.42 bits per heavy atom. The second-order valence-corrected chi connectivity index (χ2v) is 5.75. The molecule has 0 heterocycles. The number of nitrogens with zero attached hydrogens (tertiary/aromatic N) is 1. The van der Waals surface area contributed by atoms with E-state index in [-0.39, 0.29) is 16.1 Å². The maximum Gasteiger partial charge on any atom is 0.271 e. The zero-order valence-corrected chi connectivity index (χ0v) is 12.1. The molecule has 1 aliphatic rings. The van der Waals surface area contributed by atoms with E-state index in [4.69, 9.17) is 16.3 Å². The van der Waals surface area contributed by atoms with Crippen molar-refractivity contribution in [2.45, 2.75) is 25.7 Å². The highest BCUT2D eigenvalue weighted by atomic mass is 35.5. The minimum atomic E-state index is -0.470. The van der Waals surface area contributed by atoms with Gasteiger partial charge in [0.05, 0.1) is 16.6 Å². The van der Waals surface area contributed by atoms with Crippen molar-refractivity contribution in [1.82, 2.24) is 0 Å². The van der Waals surface area contributed by atoms with Crippen molar-refractivity contribution in [3.05, 3.63) is 33.3 Å². The van der Waals surface area contributed by atoms with Gasteiger partial charge in [-0.1, -0.05) is 24.4 Å². The number of nitro groups is 1. The van der Waals surface area contributed by atoms with Crippen molar-refractivity contribution < 1.29 is 9.66 Å². The SMILES string of the molecule is O=[N+]([O-])c1ccc(OCC2(CS)CCCC2)c(Cl)c1. The van der Waals surface area contributed by atoms with E-state index in [2.05, 4.69) is 12.6 Å². The number of nitro benzene ring substituents is 1. The minimum absolute atomic E-state index is 0.0258. The fourth-order valence-electron chi connectivity index (χ4n) is 2.42. The molecule has 0 saturated heterocycles. The van der Waals surface area contributed by atoms with Crippen LogP contribution in [0.5, 0.6) is 5.75 Å². The molecule has 0 unspecified atom stereocenters. The first kappa shape index (κ1) is 14.5. The summed E-state index contributed by atoms with van der Waals surface area (Å²) in [6.45, 7) is 0.564. The molecule has 1 fully saturated rings. The maximum absolute atomic E-state index is 10.6. The van der Waals surface area contributed by atoms with E-state index < -0.39 is 4.92 Å². The average Bonchev–Trinajstić information content (AvgIpc) is 2.86. The normalized spacial score (nSPS) is 17.4. The van der Waals surface area contributed by atoms with Gasteiger partial charge in [0.15, 0.2) is 0 Å². The lowest BCUT2D eigenvalue weighted by Crippen LogP contribution is -2.27. The summed E-state index contributed by atoms with van der Waals surface area (Å²) in [5.41, 5.74) is 0.0935. The predicted molar refractivity (Wildman–Crippen MR) is 78.4 cm³/mol. The lowest BCUT2D eigenvalue weighted by molar-refractivity contribution is -0.384. The molecule has 0 aliphatic heterocycles. The number of hydrogen-bond acceptors (Lipinski definition) is 4. The number of hydrogen-bond donors (Lipinski definition) is 1. The van der Waals surface area contributed by atoms with Gasteiger partial charge in [-0.2, -0.15) is 12.6 Å². The zero-order valence-electron chi connectivity index (χ0n) is 10.5. The van der Waals surface area contributed by atoms with Crippen molar-refractivity contribution in [2.24, 2.45) is 5.41 Å². The molecule has 1 aromatic carbocycles.